The van der Waals surface area contributed by atoms with Crippen LogP contribution in [0.15, 0.2) is 0 Å². The van der Waals surface area contributed by atoms with Crippen LogP contribution in [0.1, 0.15) is 78.1 Å². The summed E-state index contributed by atoms with van der Waals surface area (Å²) in [5.41, 5.74) is 0.310. The molecule has 4 heteroatoms. The maximum Gasteiger partial charge on any atom is 0.185 e. The molecule has 0 radical (unpaired) electrons. The normalized spacial score (nSPS) is 49.0. The number of aliphatic hydroxyl groups is 2. The van der Waals surface area contributed by atoms with Crippen LogP contribution < -0.4 is 0 Å². The zero-order chi connectivity index (χ0) is 17.6. The smallest absolute Gasteiger partial charge is 0.185 e. The fourth-order valence-corrected chi connectivity index (χ4v) is 7.36. The molecule has 1 unspecified atom stereocenters. The molecule has 4 fully saturated rings. The largest absolute Gasteiger partial charge is 0.365 e. The van der Waals surface area contributed by atoms with E-state index in [1.54, 1.807) is 0 Å². The molecule has 2 N–H and O–H groups in total. The van der Waals surface area contributed by atoms with E-state index in [2.05, 4.69) is 29.8 Å². The lowest BCUT2D eigenvalue weighted by Crippen LogP contribution is -2.63. The van der Waals surface area contributed by atoms with Gasteiger partial charge in [-0.05, 0) is 96.4 Å². The van der Waals surface area contributed by atoms with Gasteiger partial charge in [-0.1, -0.05) is 20.3 Å². The van der Waals surface area contributed by atoms with Crippen molar-refractivity contribution >= 4 is 21.1 Å². The number of carbonyl (C=O) groups is 1. The van der Waals surface area contributed by atoms with Gasteiger partial charge in [-0.15, -0.1) is 0 Å². The number of rotatable bonds is 0. The maximum atomic E-state index is 10.8. The van der Waals surface area contributed by atoms with Gasteiger partial charge in [-0.3, -0.25) is 4.79 Å². The highest BCUT2D eigenvalue weighted by molar-refractivity contribution is 9.17. The molecule has 24 heavy (non-hydrogen) atoms. The van der Waals surface area contributed by atoms with Crippen LogP contribution in [0.25, 0.3) is 0 Å². The zero-order valence-electron chi connectivity index (χ0n) is 15.1. The zero-order valence-corrected chi connectivity index (χ0v) is 16.7. The second-order valence-electron chi connectivity index (χ2n) is 9.32. The minimum atomic E-state index is -1.43. The Bertz CT molecular complexity index is 480. The Balaban J connectivity index is 0.000000526. The van der Waals surface area contributed by atoms with E-state index in [1.165, 1.54) is 51.4 Å². The molecule has 4 saturated carbocycles. The molecule has 0 saturated heterocycles. The Labute approximate surface area is 154 Å². The molecule has 0 aliphatic heterocycles. The van der Waals surface area contributed by atoms with Gasteiger partial charge in [0.15, 0.2) is 11.0 Å². The van der Waals surface area contributed by atoms with Crippen molar-refractivity contribution in [2.75, 3.05) is 0 Å². The number of carbonyl (C=O) groups excluding carboxylic acids is 1. The number of hydrogen-bond donors (Lipinski definition) is 2. The van der Waals surface area contributed by atoms with Crippen LogP contribution in [-0.2, 0) is 4.79 Å². The van der Waals surface area contributed by atoms with Gasteiger partial charge in [-0.2, -0.15) is 0 Å². The highest BCUT2D eigenvalue weighted by Crippen LogP contribution is 2.67. The molecular formula is C20H33BrO3. The number of fused-ring (bicyclic) bond motifs is 5. The van der Waals surface area contributed by atoms with Crippen molar-refractivity contribution in [3.8, 4) is 0 Å². The molecule has 4 rings (SSSR count). The molecule has 0 amide bonds. The van der Waals surface area contributed by atoms with Crippen molar-refractivity contribution in [2.45, 2.75) is 83.8 Å². The van der Waals surface area contributed by atoms with Crippen molar-refractivity contribution < 1.29 is 15.0 Å². The Morgan fingerprint density at radius 2 is 1.58 bits per heavy atom. The third-order valence-electron chi connectivity index (χ3n) is 8.63. The SMILES string of the molecule is C[C@@]12CCC[C@H]1[C@@H]1CCC3CCCC(O)(O)[C@]3(C)[C@H]1CC2.O=CBr. The predicted molar refractivity (Wildman–Crippen MR) is 99.2 cm³/mol. The van der Waals surface area contributed by atoms with E-state index in [9.17, 15) is 10.2 Å². The lowest BCUT2D eigenvalue weighted by Gasteiger charge is -2.63. The van der Waals surface area contributed by atoms with Crippen molar-refractivity contribution in [2.24, 2.45) is 34.5 Å². The first-order chi connectivity index (χ1) is 11.3. The van der Waals surface area contributed by atoms with E-state index >= 15 is 0 Å². The van der Waals surface area contributed by atoms with Crippen molar-refractivity contribution in [3.05, 3.63) is 0 Å². The highest BCUT2D eigenvalue weighted by atomic mass is 79.9. The number of hydrogen-bond acceptors (Lipinski definition) is 3. The monoisotopic (exact) mass is 400 g/mol. The van der Waals surface area contributed by atoms with E-state index in [1.807, 2.05) is 0 Å². The van der Waals surface area contributed by atoms with Gasteiger partial charge in [0.05, 0.1) is 0 Å². The van der Waals surface area contributed by atoms with Crippen molar-refractivity contribution in [1.82, 2.24) is 0 Å². The standard InChI is InChI=1S/C19H32O2.CHBrO/c1-17-10-4-6-15(17)14-8-7-13-5-3-11-19(20,21)18(13,2)16(14)9-12-17;2-1-3/h13-16,20-21H,3-12H2,1-2H3;1H/t13?,14-,15-,16-,17-,18-;/m0./s1. The van der Waals surface area contributed by atoms with Crippen LogP contribution in [0.3, 0.4) is 0 Å². The Morgan fingerprint density at radius 1 is 0.917 bits per heavy atom. The molecule has 0 aromatic carbocycles. The lowest BCUT2D eigenvalue weighted by molar-refractivity contribution is -0.312. The van der Waals surface area contributed by atoms with Crippen LogP contribution in [0.2, 0.25) is 0 Å². The summed E-state index contributed by atoms with van der Waals surface area (Å²) < 4.78 is 0. The van der Waals surface area contributed by atoms with E-state index < -0.39 is 5.79 Å². The maximum absolute atomic E-state index is 10.8. The lowest BCUT2D eigenvalue weighted by atomic mass is 9.44. The van der Waals surface area contributed by atoms with Gasteiger partial charge < -0.3 is 10.2 Å². The van der Waals surface area contributed by atoms with Gasteiger partial charge in [0, 0.05) is 11.8 Å². The molecule has 0 spiro atoms. The second kappa shape index (κ2) is 6.66. The summed E-state index contributed by atoms with van der Waals surface area (Å²) in [5, 5.41) is 22.2. The molecule has 4 aliphatic rings. The average Bonchev–Trinajstić information content (AvgIpc) is 2.91. The highest BCUT2D eigenvalue weighted by Gasteiger charge is 2.64. The molecule has 3 nitrogen and oxygen atoms in total. The molecule has 138 valence electrons. The molecule has 0 aromatic heterocycles. The van der Waals surface area contributed by atoms with Crippen LogP contribution >= 0.6 is 15.9 Å². The summed E-state index contributed by atoms with van der Waals surface area (Å²) in [6.45, 7) is 4.74. The first kappa shape index (κ1) is 18.8. The molecule has 0 aromatic rings. The Kier molecular flexibility index (Phi) is 5.23. The molecule has 4 aliphatic carbocycles. The van der Waals surface area contributed by atoms with Crippen LogP contribution in [0.4, 0.5) is 0 Å². The summed E-state index contributed by atoms with van der Waals surface area (Å²) in [7, 11) is 0. The Hall–Kier alpha value is 0.0700. The first-order valence-corrected chi connectivity index (χ1v) is 10.7. The van der Waals surface area contributed by atoms with Gasteiger partial charge in [0.1, 0.15) is 0 Å². The topological polar surface area (TPSA) is 57.5 Å². The first-order valence-electron chi connectivity index (χ1n) is 9.79. The average molecular weight is 401 g/mol. The van der Waals surface area contributed by atoms with E-state index in [0.717, 1.165) is 18.3 Å². The third-order valence-corrected chi connectivity index (χ3v) is 8.63. The summed E-state index contributed by atoms with van der Waals surface area (Å²) >= 11 is 2.47. The van der Waals surface area contributed by atoms with Gasteiger partial charge in [0.25, 0.3) is 0 Å². The molecular weight excluding hydrogens is 368 g/mol. The summed E-state index contributed by atoms with van der Waals surface area (Å²) in [6, 6.07) is 0. The summed E-state index contributed by atoms with van der Waals surface area (Å²) in [6.07, 6.45) is 12.1. The molecule has 6 atom stereocenters. The Morgan fingerprint density at radius 3 is 2.29 bits per heavy atom. The fraction of sp³-hybridized carbons (Fsp3) is 0.950. The van der Waals surface area contributed by atoms with Gasteiger partial charge in [0.2, 0.25) is 0 Å². The van der Waals surface area contributed by atoms with Crippen LogP contribution in [0.5, 0.6) is 0 Å². The summed E-state index contributed by atoms with van der Waals surface area (Å²) in [5.74, 6) is 1.26. The third kappa shape index (κ3) is 2.72. The van der Waals surface area contributed by atoms with E-state index in [-0.39, 0.29) is 5.41 Å². The second-order valence-corrected chi connectivity index (χ2v) is 9.69. The van der Waals surface area contributed by atoms with Crippen molar-refractivity contribution in [3.63, 3.8) is 0 Å². The van der Waals surface area contributed by atoms with E-state index in [4.69, 9.17) is 4.79 Å². The molecule has 0 heterocycles. The van der Waals surface area contributed by atoms with Crippen LogP contribution in [-0.4, -0.2) is 21.2 Å². The minimum Gasteiger partial charge on any atom is -0.365 e. The molecule has 0 bridgehead atoms. The van der Waals surface area contributed by atoms with Gasteiger partial charge in [-0.25, -0.2) is 0 Å². The quantitative estimate of drug-likeness (QED) is 0.352. The van der Waals surface area contributed by atoms with Crippen LogP contribution in [0, 0.1) is 34.5 Å². The van der Waals surface area contributed by atoms with E-state index in [0.29, 0.717) is 28.9 Å². The van der Waals surface area contributed by atoms with Gasteiger partial charge >= 0.3 is 0 Å². The summed E-state index contributed by atoms with van der Waals surface area (Å²) in [4.78, 5) is 8.72. The predicted octanol–water partition coefficient (Wildman–Crippen LogP) is 4.67. The number of halogens is 1. The van der Waals surface area contributed by atoms with Crippen molar-refractivity contribution in [1.29, 1.82) is 0 Å². The minimum absolute atomic E-state index is 0.252. The fourth-order valence-electron chi connectivity index (χ4n) is 7.36.